The van der Waals surface area contributed by atoms with Crippen LogP contribution in [0.1, 0.15) is 36.7 Å². The second kappa shape index (κ2) is 8.24. The van der Waals surface area contributed by atoms with E-state index in [1.165, 1.54) is 0 Å². The molecule has 5 nitrogen and oxygen atoms in total. The van der Waals surface area contributed by atoms with Gasteiger partial charge in [0.25, 0.3) is 5.91 Å². The highest BCUT2D eigenvalue weighted by Crippen LogP contribution is 2.23. The van der Waals surface area contributed by atoms with Gasteiger partial charge in [-0.15, -0.1) is 12.6 Å². The van der Waals surface area contributed by atoms with E-state index in [4.69, 9.17) is 0 Å². The molecule has 0 atom stereocenters. The van der Waals surface area contributed by atoms with Crippen molar-refractivity contribution in [2.24, 2.45) is 0 Å². The van der Waals surface area contributed by atoms with Gasteiger partial charge in [-0.3, -0.25) is 4.79 Å². The number of rotatable bonds is 6. The number of benzene rings is 2. The van der Waals surface area contributed by atoms with E-state index in [0.717, 1.165) is 5.56 Å². The van der Waals surface area contributed by atoms with Crippen molar-refractivity contribution in [3.8, 4) is 0 Å². The normalized spacial score (nSPS) is 12.0. The summed E-state index contributed by atoms with van der Waals surface area (Å²) < 4.78 is 27.1. The van der Waals surface area contributed by atoms with Gasteiger partial charge >= 0.3 is 0 Å². The lowest BCUT2D eigenvalue weighted by Crippen LogP contribution is -2.34. The van der Waals surface area contributed by atoms with Crippen LogP contribution < -0.4 is 10.0 Å². The van der Waals surface area contributed by atoms with Crippen molar-refractivity contribution >= 4 is 28.6 Å². The first kappa shape index (κ1) is 20.5. The summed E-state index contributed by atoms with van der Waals surface area (Å²) in [4.78, 5) is 12.8. The van der Waals surface area contributed by atoms with Crippen molar-refractivity contribution in [2.75, 3.05) is 13.1 Å². The largest absolute Gasteiger partial charge is 0.351 e. The molecule has 0 radical (unpaired) electrons. The number of amides is 1. The fraction of sp³-hybridized carbons (Fsp3) is 0.316. The number of carbonyl (C=O) groups excluding carboxylic acids is 1. The van der Waals surface area contributed by atoms with Crippen LogP contribution >= 0.6 is 12.6 Å². The van der Waals surface area contributed by atoms with Gasteiger partial charge in [0.2, 0.25) is 10.0 Å². The van der Waals surface area contributed by atoms with E-state index in [1.807, 2.05) is 12.1 Å². The lowest BCUT2D eigenvalue weighted by molar-refractivity contribution is 0.0951. The molecule has 0 fully saturated rings. The van der Waals surface area contributed by atoms with Crippen LogP contribution in [0.2, 0.25) is 0 Å². The highest BCUT2D eigenvalue weighted by Gasteiger charge is 2.17. The molecule has 0 aliphatic carbocycles. The van der Waals surface area contributed by atoms with Gasteiger partial charge in [0.05, 0.1) is 10.5 Å². The predicted molar refractivity (Wildman–Crippen MR) is 106 cm³/mol. The summed E-state index contributed by atoms with van der Waals surface area (Å²) in [5, 5.41) is 2.68. The number of carbonyl (C=O) groups is 1. The second-order valence-corrected chi connectivity index (χ2v) is 9.19. The minimum atomic E-state index is -3.61. The Morgan fingerprint density at radius 3 is 2.19 bits per heavy atom. The Hall–Kier alpha value is -1.83. The molecule has 0 heterocycles. The van der Waals surface area contributed by atoms with Crippen LogP contribution in [0.4, 0.5) is 0 Å². The quantitative estimate of drug-likeness (QED) is 0.523. The van der Waals surface area contributed by atoms with E-state index in [9.17, 15) is 13.2 Å². The molecule has 7 heteroatoms. The number of hydrogen-bond donors (Lipinski definition) is 3. The van der Waals surface area contributed by atoms with Crippen molar-refractivity contribution in [2.45, 2.75) is 36.0 Å². The standard InChI is InChI=1S/C19H24N2O3S2/c1-19(2,3)14-8-10-15(11-9-14)26(23,24)21-13-12-20-18(22)16-6-4-5-7-17(16)25/h4-11,21,25H,12-13H2,1-3H3,(H,20,22). The summed E-state index contributed by atoms with van der Waals surface area (Å²) in [6.07, 6.45) is 0. The first-order valence-corrected chi connectivity index (χ1v) is 10.2. The Morgan fingerprint density at radius 2 is 1.62 bits per heavy atom. The van der Waals surface area contributed by atoms with Crippen molar-refractivity contribution in [1.82, 2.24) is 10.0 Å². The lowest BCUT2D eigenvalue weighted by Gasteiger charge is -2.19. The zero-order valence-electron chi connectivity index (χ0n) is 15.1. The minimum absolute atomic E-state index is 0.0384. The molecule has 1 amide bonds. The highest BCUT2D eigenvalue weighted by molar-refractivity contribution is 7.89. The van der Waals surface area contributed by atoms with E-state index in [-0.39, 0.29) is 29.3 Å². The Bertz CT molecular complexity index is 870. The molecule has 0 saturated carbocycles. The van der Waals surface area contributed by atoms with Crippen LogP contribution in [0, 0.1) is 0 Å². The van der Waals surface area contributed by atoms with Crippen LogP contribution in [0.15, 0.2) is 58.3 Å². The van der Waals surface area contributed by atoms with Gasteiger partial charge in [0, 0.05) is 18.0 Å². The maximum Gasteiger partial charge on any atom is 0.252 e. The third kappa shape index (κ3) is 5.33. The minimum Gasteiger partial charge on any atom is -0.351 e. The molecule has 0 aromatic heterocycles. The van der Waals surface area contributed by atoms with E-state index >= 15 is 0 Å². The van der Waals surface area contributed by atoms with Crippen LogP contribution in [0.3, 0.4) is 0 Å². The van der Waals surface area contributed by atoms with Crippen LogP contribution in [0.5, 0.6) is 0 Å². The molecule has 0 aliphatic heterocycles. The zero-order chi connectivity index (χ0) is 19.4. The first-order chi connectivity index (χ1) is 12.1. The second-order valence-electron chi connectivity index (χ2n) is 6.95. The topological polar surface area (TPSA) is 75.3 Å². The summed E-state index contributed by atoms with van der Waals surface area (Å²) in [6, 6.07) is 13.8. The third-order valence-electron chi connectivity index (χ3n) is 3.88. The summed E-state index contributed by atoms with van der Waals surface area (Å²) >= 11 is 4.23. The molecule has 140 valence electrons. The predicted octanol–water partition coefficient (Wildman–Crippen LogP) is 2.98. The van der Waals surface area contributed by atoms with Gasteiger partial charge in [-0.2, -0.15) is 0 Å². The molecule has 2 N–H and O–H groups in total. The van der Waals surface area contributed by atoms with Crippen molar-refractivity contribution < 1.29 is 13.2 Å². The van der Waals surface area contributed by atoms with Gasteiger partial charge in [-0.05, 0) is 35.2 Å². The van der Waals surface area contributed by atoms with Crippen LogP contribution in [-0.4, -0.2) is 27.4 Å². The number of hydrogen-bond acceptors (Lipinski definition) is 4. The van der Waals surface area contributed by atoms with E-state index in [1.54, 1.807) is 36.4 Å². The molecule has 0 aliphatic rings. The Morgan fingerprint density at radius 1 is 1.00 bits per heavy atom. The Kier molecular flexibility index (Phi) is 6.49. The summed E-state index contributed by atoms with van der Waals surface area (Å²) in [7, 11) is -3.61. The fourth-order valence-electron chi connectivity index (χ4n) is 2.34. The molecular weight excluding hydrogens is 368 g/mol. The van der Waals surface area contributed by atoms with Gasteiger partial charge in [-0.25, -0.2) is 13.1 Å². The van der Waals surface area contributed by atoms with Crippen LogP contribution in [0.25, 0.3) is 0 Å². The number of thiol groups is 1. The molecule has 0 bridgehead atoms. The van der Waals surface area contributed by atoms with E-state index in [2.05, 4.69) is 43.4 Å². The molecule has 2 aromatic rings. The Balaban J connectivity index is 1.90. The smallest absolute Gasteiger partial charge is 0.252 e. The fourth-order valence-corrected chi connectivity index (χ4v) is 3.63. The van der Waals surface area contributed by atoms with Crippen molar-refractivity contribution in [3.63, 3.8) is 0 Å². The maximum atomic E-state index is 12.3. The summed E-state index contributed by atoms with van der Waals surface area (Å²) in [5.41, 5.74) is 1.48. The lowest BCUT2D eigenvalue weighted by atomic mass is 9.87. The average molecular weight is 393 g/mol. The van der Waals surface area contributed by atoms with E-state index in [0.29, 0.717) is 10.5 Å². The SMILES string of the molecule is CC(C)(C)c1ccc(S(=O)(=O)NCCNC(=O)c2ccccc2S)cc1. The third-order valence-corrected chi connectivity index (χ3v) is 5.75. The zero-order valence-corrected chi connectivity index (χ0v) is 16.8. The van der Waals surface area contributed by atoms with Crippen LogP contribution in [-0.2, 0) is 15.4 Å². The molecule has 2 rings (SSSR count). The molecule has 2 aromatic carbocycles. The molecule has 0 spiro atoms. The first-order valence-electron chi connectivity index (χ1n) is 8.28. The maximum absolute atomic E-state index is 12.3. The average Bonchev–Trinajstić information content (AvgIpc) is 2.58. The van der Waals surface area contributed by atoms with Gasteiger partial charge in [0.15, 0.2) is 0 Å². The molecule has 26 heavy (non-hydrogen) atoms. The molecule has 0 saturated heterocycles. The van der Waals surface area contributed by atoms with Gasteiger partial charge in [0.1, 0.15) is 0 Å². The molecule has 0 unspecified atom stereocenters. The monoisotopic (exact) mass is 392 g/mol. The van der Waals surface area contributed by atoms with Crippen molar-refractivity contribution in [1.29, 1.82) is 0 Å². The molecular formula is C19H24N2O3S2. The number of nitrogens with one attached hydrogen (secondary N) is 2. The van der Waals surface area contributed by atoms with Crippen molar-refractivity contribution in [3.05, 3.63) is 59.7 Å². The summed E-state index contributed by atoms with van der Waals surface area (Å²) in [6.45, 7) is 6.49. The van der Waals surface area contributed by atoms with E-state index < -0.39 is 10.0 Å². The Labute approximate surface area is 160 Å². The summed E-state index contributed by atoms with van der Waals surface area (Å²) in [5.74, 6) is -0.288. The van der Waals surface area contributed by atoms with Gasteiger partial charge in [-0.1, -0.05) is 45.0 Å². The highest BCUT2D eigenvalue weighted by atomic mass is 32.2. The number of sulfonamides is 1. The van der Waals surface area contributed by atoms with Gasteiger partial charge < -0.3 is 5.32 Å².